The van der Waals surface area contributed by atoms with Crippen molar-refractivity contribution >= 4 is 18.3 Å². The Balaban J connectivity index is 0.00000280. The fourth-order valence-corrected chi connectivity index (χ4v) is 3.31. The predicted octanol–water partition coefficient (Wildman–Crippen LogP) is 3.83. The van der Waals surface area contributed by atoms with Gasteiger partial charge in [0.1, 0.15) is 5.82 Å². The SMILES string of the molecule is CCOc1ccc(C(=O)N2CCNCC2c2cccc(F)c2)cc1OCC.Cl. The predicted molar refractivity (Wildman–Crippen MR) is 109 cm³/mol. The summed E-state index contributed by atoms with van der Waals surface area (Å²) in [4.78, 5) is 15.0. The number of hydrogen-bond donors (Lipinski definition) is 1. The van der Waals surface area contributed by atoms with Gasteiger partial charge in [-0.2, -0.15) is 0 Å². The van der Waals surface area contributed by atoms with Crippen LogP contribution in [0.1, 0.15) is 35.8 Å². The number of piperazine rings is 1. The van der Waals surface area contributed by atoms with Crippen LogP contribution in [0.15, 0.2) is 42.5 Å². The van der Waals surface area contributed by atoms with Gasteiger partial charge in [-0.15, -0.1) is 12.4 Å². The molecule has 28 heavy (non-hydrogen) atoms. The summed E-state index contributed by atoms with van der Waals surface area (Å²) in [7, 11) is 0. The van der Waals surface area contributed by atoms with Gasteiger partial charge in [-0.25, -0.2) is 4.39 Å². The number of nitrogens with zero attached hydrogens (tertiary/aromatic N) is 1. The lowest BCUT2D eigenvalue weighted by molar-refractivity contribution is 0.0633. The van der Waals surface area contributed by atoms with Crippen LogP contribution in [0.3, 0.4) is 0 Å². The van der Waals surface area contributed by atoms with E-state index in [-0.39, 0.29) is 30.2 Å². The van der Waals surface area contributed by atoms with Crippen molar-refractivity contribution < 1.29 is 18.7 Å². The maximum absolute atomic E-state index is 13.7. The molecule has 1 saturated heterocycles. The van der Waals surface area contributed by atoms with Crippen LogP contribution in [-0.2, 0) is 0 Å². The number of benzene rings is 2. The van der Waals surface area contributed by atoms with E-state index >= 15 is 0 Å². The van der Waals surface area contributed by atoms with Crippen molar-refractivity contribution in [1.82, 2.24) is 10.2 Å². The van der Waals surface area contributed by atoms with E-state index in [1.54, 1.807) is 29.2 Å². The lowest BCUT2D eigenvalue weighted by atomic mass is 10.0. The van der Waals surface area contributed by atoms with E-state index in [0.717, 1.165) is 5.56 Å². The van der Waals surface area contributed by atoms with Gasteiger partial charge in [-0.3, -0.25) is 4.79 Å². The molecule has 1 unspecified atom stereocenters. The van der Waals surface area contributed by atoms with E-state index in [9.17, 15) is 9.18 Å². The van der Waals surface area contributed by atoms with E-state index < -0.39 is 0 Å². The van der Waals surface area contributed by atoms with Crippen LogP contribution in [0.2, 0.25) is 0 Å². The van der Waals surface area contributed by atoms with Gasteiger partial charge in [0.15, 0.2) is 11.5 Å². The van der Waals surface area contributed by atoms with Crippen molar-refractivity contribution in [3.05, 3.63) is 59.4 Å². The van der Waals surface area contributed by atoms with Gasteiger partial charge < -0.3 is 19.7 Å². The number of amides is 1. The van der Waals surface area contributed by atoms with E-state index in [1.165, 1.54) is 12.1 Å². The molecule has 5 nitrogen and oxygen atoms in total. The molecule has 1 aliphatic rings. The minimum Gasteiger partial charge on any atom is -0.490 e. The molecule has 3 rings (SSSR count). The summed E-state index contributed by atoms with van der Waals surface area (Å²) in [5.41, 5.74) is 1.32. The fourth-order valence-electron chi connectivity index (χ4n) is 3.31. The van der Waals surface area contributed by atoms with Crippen LogP contribution in [0, 0.1) is 5.82 Å². The smallest absolute Gasteiger partial charge is 0.254 e. The summed E-state index contributed by atoms with van der Waals surface area (Å²) in [6, 6.07) is 11.4. The second-order valence-electron chi connectivity index (χ2n) is 6.30. The van der Waals surface area contributed by atoms with Crippen LogP contribution in [0.4, 0.5) is 4.39 Å². The van der Waals surface area contributed by atoms with Crippen LogP contribution >= 0.6 is 12.4 Å². The molecule has 152 valence electrons. The first-order valence-electron chi connectivity index (χ1n) is 9.30. The molecule has 0 bridgehead atoms. The Hall–Kier alpha value is -2.31. The molecule has 0 aromatic heterocycles. The number of halogens is 2. The third-order valence-corrected chi connectivity index (χ3v) is 4.53. The highest BCUT2D eigenvalue weighted by Gasteiger charge is 2.29. The number of carbonyl (C=O) groups is 1. The largest absolute Gasteiger partial charge is 0.490 e. The van der Waals surface area contributed by atoms with Crippen LogP contribution in [0.5, 0.6) is 11.5 Å². The number of hydrogen-bond acceptors (Lipinski definition) is 4. The third-order valence-electron chi connectivity index (χ3n) is 4.53. The van der Waals surface area contributed by atoms with E-state index in [2.05, 4.69) is 5.32 Å². The van der Waals surface area contributed by atoms with Gasteiger partial charge in [0.05, 0.1) is 19.3 Å². The molecule has 1 heterocycles. The maximum Gasteiger partial charge on any atom is 0.254 e. The Morgan fingerprint density at radius 2 is 1.89 bits per heavy atom. The van der Waals surface area contributed by atoms with Gasteiger partial charge in [-0.1, -0.05) is 12.1 Å². The second-order valence-corrected chi connectivity index (χ2v) is 6.30. The van der Waals surface area contributed by atoms with Crippen molar-refractivity contribution in [3.63, 3.8) is 0 Å². The molecule has 1 aliphatic heterocycles. The number of nitrogens with one attached hydrogen (secondary N) is 1. The zero-order valence-electron chi connectivity index (χ0n) is 16.1. The van der Waals surface area contributed by atoms with Crippen molar-refractivity contribution in [3.8, 4) is 11.5 Å². The Morgan fingerprint density at radius 1 is 1.14 bits per heavy atom. The number of rotatable bonds is 6. The summed E-state index contributed by atoms with van der Waals surface area (Å²) in [6.07, 6.45) is 0. The molecule has 2 aromatic carbocycles. The third kappa shape index (κ3) is 4.94. The highest BCUT2D eigenvalue weighted by atomic mass is 35.5. The quantitative estimate of drug-likeness (QED) is 0.789. The molecular formula is C21H26ClFN2O3. The molecule has 1 fully saturated rings. The first-order chi connectivity index (χ1) is 13.1. The van der Waals surface area contributed by atoms with Gasteiger partial charge in [-0.05, 0) is 49.7 Å². The van der Waals surface area contributed by atoms with Crippen LogP contribution in [-0.4, -0.2) is 43.7 Å². The first kappa shape index (κ1) is 22.0. The number of ether oxygens (including phenoxy) is 2. The lowest BCUT2D eigenvalue weighted by Crippen LogP contribution is -2.48. The Bertz CT molecular complexity index is 803. The molecule has 0 spiro atoms. The molecular weight excluding hydrogens is 383 g/mol. The maximum atomic E-state index is 13.7. The molecule has 1 atom stereocenters. The number of carbonyl (C=O) groups excluding carboxylic acids is 1. The zero-order chi connectivity index (χ0) is 19.2. The topological polar surface area (TPSA) is 50.8 Å². The van der Waals surface area contributed by atoms with Crippen LogP contribution in [0.25, 0.3) is 0 Å². The summed E-state index contributed by atoms with van der Waals surface area (Å²) in [5.74, 6) is 0.778. The molecule has 7 heteroatoms. The minimum absolute atomic E-state index is 0. The highest BCUT2D eigenvalue weighted by Crippen LogP contribution is 2.31. The van der Waals surface area contributed by atoms with E-state index in [1.807, 2.05) is 19.9 Å². The summed E-state index contributed by atoms with van der Waals surface area (Å²) in [6.45, 7) is 6.64. The highest BCUT2D eigenvalue weighted by molar-refractivity contribution is 5.95. The molecule has 0 saturated carbocycles. The van der Waals surface area contributed by atoms with E-state index in [4.69, 9.17) is 9.47 Å². The van der Waals surface area contributed by atoms with Crippen molar-refractivity contribution in [1.29, 1.82) is 0 Å². The summed E-state index contributed by atoms with van der Waals surface area (Å²) in [5, 5.41) is 3.29. The average Bonchev–Trinajstić information content (AvgIpc) is 2.69. The van der Waals surface area contributed by atoms with Crippen LogP contribution < -0.4 is 14.8 Å². The second kappa shape index (κ2) is 10.3. The normalized spacial score (nSPS) is 16.2. The lowest BCUT2D eigenvalue weighted by Gasteiger charge is -2.36. The Morgan fingerprint density at radius 3 is 2.61 bits per heavy atom. The molecule has 0 radical (unpaired) electrons. The van der Waals surface area contributed by atoms with Gasteiger partial charge >= 0.3 is 0 Å². The monoisotopic (exact) mass is 408 g/mol. The summed E-state index contributed by atoms with van der Waals surface area (Å²) < 4.78 is 24.9. The van der Waals surface area contributed by atoms with Crippen molar-refractivity contribution in [2.45, 2.75) is 19.9 Å². The van der Waals surface area contributed by atoms with Gasteiger partial charge in [0.2, 0.25) is 0 Å². The van der Waals surface area contributed by atoms with Crippen molar-refractivity contribution in [2.75, 3.05) is 32.8 Å². The molecule has 0 aliphatic carbocycles. The molecule has 2 aromatic rings. The Labute approximate surface area is 171 Å². The Kier molecular flexibility index (Phi) is 8.08. The average molecular weight is 409 g/mol. The molecule has 1 amide bonds. The summed E-state index contributed by atoms with van der Waals surface area (Å²) >= 11 is 0. The zero-order valence-corrected chi connectivity index (χ0v) is 16.9. The standard InChI is InChI=1S/C21H25FN2O3.ClH/c1-3-26-19-9-8-16(13-20(19)27-4-2)21(25)24-11-10-23-14-18(24)15-6-5-7-17(22)12-15;/h5-9,12-13,18,23H,3-4,10-11,14H2,1-2H3;1H. The van der Waals surface area contributed by atoms with Crippen molar-refractivity contribution in [2.24, 2.45) is 0 Å². The minimum atomic E-state index is -0.301. The van der Waals surface area contributed by atoms with E-state index in [0.29, 0.717) is 49.9 Å². The molecule has 1 N–H and O–H groups in total. The van der Waals surface area contributed by atoms with Gasteiger partial charge in [0.25, 0.3) is 5.91 Å². The first-order valence-corrected chi connectivity index (χ1v) is 9.30. The van der Waals surface area contributed by atoms with Gasteiger partial charge in [0, 0.05) is 25.2 Å². The fraction of sp³-hybridized carbons (Fsp3) is 0.381.